The van der Waals surface area contributed by atoms with Crippen LogP contribution >= 0.6 is 15.9 Å². The lowest BCUT2D eigenvalue weighted by molar-refractivity contribution is 0.0692. The van der Waals surface area contributed by atoms with Crippen molar-refractivity contribution >= 4 is 27.6 Å². The van der Waals surface area contributed by atoms with E-state index in [1.165, 1.54) is 12.1 Å². The van der Waals surface area contributed by atoms with E-state index in [9.17, 15) is 9.18 Å². The van der Waals surface area contributed by atoms with Crippen molar-refractivity contribution in [3.05, 3.63) is 40.6 Å². The molecule has 1 aromatic carbocycles. The second-order valence-corrected chi connectivity index (χ2v) is 3.99. The lowest BCUT2D eigenvalue weighted by Gasteiger charge is -2.06. The minimum atomic E-state index is -1.27. The van der Waals surface area contributed by atoms with Crippen LogP contribution in [0.5, 0.6) is 0 Å². The fraction of sp³-hybridized carbons (Fsp3) is 0.100. The van der Waals surface area contributed by atoms with Gasteiger partial charge in [0.05, 0.1) is 5.56 Å². The summed E-state index contributed by atoms with van der Waals surface area (Å²) >= 11 is 3.14. The van der Waals surface area contributed by atoms with E-state index in [2.05, 4.69) is 27.8 Å². The first-order valence-corrected chi connectivity index (χ1v) is 4.90. The molecule has 0 aliphatic carbocycles. The molecule has 0 aliphatic rings. The maximum Gasteiger partial charge on any atom is 0.338 e. The van der Waals surface area contributed by atoms with Crippen LogP contribution in [0.2, 0.25) is 0 Å². The molecule has 3 nitrogen and oxygen atoms in total. The van der Waals surface area contributed by atoms with E-state index in [1.54, 1.807) is 0 Å². The van der Waals surface area contributed by atoms with Crippen molar-refractivity contribution in [1.29, 1.82) is 0 Å². The average molecular weight is 274 g/mol. The van der Waals surface area contributed by atoms with Gasteiger partial charge in [0.2, 0.25) is 0 Å². The van der Waals surface area contributed by atoms with Gasteiger partial charge in [-0.3, -0.25) is 0 Å². The van der Waals surface area contributed by atoms with Crippen LogP contribution in [0.3, 0.4) is 0 Å². The standard InChI is InChI=1S/C10H9BrFNO2/c1-6(11)5-13-7-2-3-8(10(14)15)9(12)4-7/h2-4,13H,1,5H2,(H,14,15). The Morgan fingerprint density at radius 3 is 2.73 bits per heavy atom. The van der Waals surface area contributed by atoms with Gasteiger partial charge in [0, 0.05) is 16.7 Å². The zero-order valence-electron chi connectivity index (χ0n) is 7.76. The van der Waals surface area contributed by atoms with E-state index in [-0.39, 0.29) is 5.56 Å². The molecule has 0 atom stereocenters. The highest BCUT2D eigenvalue weighted by Crippen LogP contribution is 2.15. The van der Waals surface area contributed by atoms with E-state index >= 15 is 0 Å². The molecule has 1 aromatic rings. The third kappa shape index (κ3) is 3.36. The molecule has 5 heteroatoms. The first-order valence-electron chi connectivity index (χ1n) is 4.10. The summed E-state index contributed by atoms with van der Waals surface area (Å²) in [6.45, 7) is 4.05. The predicted octanol–water partition coefficient (Wildman–Crippen LogP) is 2.84. The van der Waals surface area contributed by atoms with Gasteiger partial charge in [0.25, 0.3) is 0 Å². The Labute approximate surface area is 94.7 Å². The molecule has 0 radical (unpaired) electrons. The monoisotopic (exact) mass is 273 g/mol. The molecule has 2 N–H and O–H groups in total. The Hall–Kier alpha value is -1.36. The van der Waals surface area contributed by atoms with Crippen LogP contribution in [0.4, 0.5) is 10.1 Å². The maximum absolute atomic E-state index is 13.2. The summed E-state index contributed by atoms with van der Waals surface area (Å²) in [4.78, 5) is 10.5. The Morgan fingerprint density at radius 1 is 1.60 bits per heavy atom. The second-order valence-electron chi connectivity index (χ2n) is 2.87. The molecule has 0 saturated carbocycles. The highest BCUT2D eigenvalue weighted by atomic mass is 79.9. The van der Waals surface area contributed by atoms with Crippen molar-refractivity contribution in [2.24, 2.45) is 0 Å². The van der Waals surface area contributed by atoms with E-state index in [0.29, 0.717) is 12.2 Å². The quantitative estimate of drug-likeness (QED) is 0.887. The number of carbonyl (C=O) groups is 1. The number of aromatic carboxylic acids is 1. The van der Waals surface area contributed by atoms with E-state index in [1.807, 2.05) is 0 Å². The molecule has 0 amide bonds. The van der Waals surface area contributed by atoms with Gasteiger partial charge in [-0.05, 0) is 18.2 Å². The Morgan fingerprint density at radius 2 is 2.27 bits per heavy atom. The zero-order valence-corrected chi connectivity index (χ0v) is 9.34. The molecular formula is C10H9BrFNO2. The van der Waals surface area contributed by atoms with Crippen LogP contribution in [0.1, 0.15) is 10.4 Å². The minimum absolute atomic E-state index is 0.335. The molecule has 0 aliphatic heterocycles. The Kier molecular flexibility index (Phi) is 3.85. The van der Waals surface area contributed by atoms with Gasteiger partial charge in [0.1, 0.15) is 5.82 Å². The number of rotatable bonds is 4. The highest BCUT2D eigenvalue weighted by molar-refractivity contribution is 9.11. The summed E-state index contributed by atoms with van der Waals surface area (Å²) < 4.78 is 13.9. The number of nitrogens with one attached hydrogen (secondary N) is 1. The molecular weight excluding hydrogens is 265 g/mol. The van der Waals surface area contributed by atoms with Crippen LogP contribution in [0.15, 0.2) is 29.3 Å². The fourth-order valence-electron chi connectivity index (χ4n) is 0.996. The van der Waals surface area contributed by atoms with Crippen molar-refractivity contribution < 1.29 is 14.3 Å². The van der Waals surface area contributed by atoms with Crippen LogP contribution in [-0.4, -0.2) is 17.6 Å². The number of hydrogen-bond donors (Lipinski definition) is 2. The van der Waals surface area contributed by atoms with Crippen LogP contribution in [0.25, 0.3) is 0 Å². The van der Waals surface area contributed by atoms with Crippen molar-refractivity contribution in [3.8, 4) is 0 Å². The molecule has 15 heavy (non-hydrogen) atoms. The van der Waals surface area contributed by atoms with Gasteiger partial charge in [0.15, 0.2) is 0 Å². The van der Waals surface area contributed by atoms with E-state index in [4.69, 9.17) is 5.11 Å². The summed E-state index contributed by atoms with van der Waals surface area (Å²) in [6, 6.07) is 3.86. The van der Waals surface area contributed by atoms with Gasteiger partial charge in [-0.1, -0.05) is 22.5 Å². The van der Waals surface area contributed by atoms with Crippen LogP contribution < -0.4 is 5.32 Å². The van der Waals surface area contributed by atoms with Gasteiger partial charge < -0.3 is 10.4 Å². The molecule has 0 heterocycles. The summed E-state index contributed by atoms with van der Waals surface area (Å²) in [5.41, 5.74) is 0.177. The molecule has 0 aromatic heterocycles. The maximum atomic E-state index is 13.2. The average Bonchev–Trinajstić information content (AvgIpc) is 2.14. The number of benzene rings is 1. The summed E-state index contributed by atoms with van der Waals surface area (Å²) in [6.07, 6.45) is 0. The van der Waals surface area contributed by atoms with Gasteiger partial charge in [-0.25, -0.2) is 9.18 Å². The number of hydrogen-bond acceptors (Lipinski definition) is 2. The molecule has 1 rings (SSSR count). The first kappa shape index (κ1) is 11.7. The number of halogens is 2. The normalized spacial score (nSPS) is 9.73. The molecule has 0 spiro atoms. The molecule has 0 fully saturated rings. The Bertz CT molecular complexity index is 406. The van der Waals surface area contributed by atoms with Crippen molar-refractivity contribution in [1.82, 2.24) is 0 Å². The first-order chi connectivity index (χ1) is 7.00. The zero-order chi connectivity index (χ0) is 11.4. The smallest absolute Gasteiger partial charge is 0.338 e. The number of carboxylic acid groups (broad SMARTS) is 1. The molecule has 0 saturated heterocycles. The van der Waals surface area contributed by atoms with Crippen LogP contribution in [0, 0.1) is 5.82 Å². The minimum Gasteiger partial charge on any atom is -0.478 e. The third-order valence-corrected chi connectivity index (χ3v) is 1.96. The van der Waals surface area contributed by atoms with Crippen molar-refractivity contribution in [3.63, 3.8) is 0 Å². The van der Waals surface area contributed by atoms with Crippen molar-refractivity contribution in [2.75, 3.05) is 11.9 Å². The van der Waals surface area contributed by atoms with Crippen LogP contribution in [-0.2, 0) is 0 Å². The summed E-state index contributed by atoms with van der Waals surface area (Å²) in [5.74, 6) is -2.03. The SMILES string of the molecule is C=C(Br)CNc1ccc(C(=O)O)c(F)c1. The van der Waals surface area contributed by atoms with Crippen molar-refractivity contribution in [2.45, 2.75) is 0 Å². The van der Waals surface area contributed by atoms with Gasteiger partial charge in [-0.2, -0.15) is 0 Å². The molecule has 80 valence electrons. The highest BCUT2D eigenvalue weighted by Gasteiger charge is 2.09. The second kappa shape index (κ2) is 4.93. The predicted molar refractivity (Wildman–Crippen MR) is 59.9 cm³/mol. The number of carboxylic acids is 1. The third-order valence-electron chi connectivity index (χ3n) is 1.68. The van der Waals surface area contributed by atoms with Gasteiger partial charge in [-0.15, -0.1) is 0 Å². The summed E-state index contributed by atoms with van der Waals surface area (Å²) in [5, 5.41) is 11.5. The lowest BCUT2D eigenvalue weighted by atomic mass is 10.2. The fourth-order valence-corrected chi connectivity index (χ4v) is 1.14. The van der Waals surface area contributed by atoms with E-state index < -0.39 is 11.8 Å². The number of anilines is 1. The largest absolute Gasteiger partial charge is 0.478 e. The van der Waals surface area contributed by atoms with Gasteiger partial charge >= 0.3 is 5.97 Å². The molecule has 0 unspecified atom stereocenters. The van der Waals surface area contributed by atoms with E-state index in [0.717, 1.165) is 10.5 Å². The topological polar surface area (TPSA) is 49.3 Å². The molecule has 0 bridgehead atoms. The summed E-state index contributed by atoms with van der Waals surface area (Å²) in [7, 11) is 0. The lowest BCUT2D eigenvalue weighted by Crippen LogP contribution is -2.04. The Balaban J connectivity index is 2.82.